The second-order valence-electron chi connectivity index (χ2n) is 5.47. The fraction of sp³-hybridized carbons (Fsp3) is 0.222. The summed E-state index contributed by atoms with van der Waals surface area (Å²) in [5.41, 5.74) is 5.61. The van der Waals surface area contributed by atoms with Crippen molar-refractivity contribution in [3.63, 3.8) is 0 Å². The van der Waals surface area contributed by atoms with E-state index in [1.807, 2.05) is 17.4 Å². The summed E-state index contributed by atoms with van der Waals surface area (Å²) in [5.74, 6) is 0. The van der Waals surface area contributed by atoms with Crippen LogP contribution < -0.4 is 0 Å². The lowest BCUT2D eigenvalue weighted by Crippen LogP contribution is -1.90. The van der Waals surface area contributed by atoms with E-state index in [-0.39, 0.29) is 0 Å². The van der Waals surface area contributed by atoms with Crippen LogP contribution in [-0.4, -0.2) is 0 Å². The van der Waals surface area contributed by atoms with E-state index in [9.17, 15) is 0 Å². The van der Waals surface area contributed by atoms with Gasteiger partial charge in [0.1, 0.15) is 0 Å². The van der Waals surface area contributed by atoms with Crippen molar-refractivity contribution in [1.82, 2.24) is 0 Å². The fourth-order valence-electron chi connectivity index (χ4n) is 3.27. The zero-order valence-electron chi connectivity index (χ0n) is 11.4. The molecule has 20 heavy (non-hydrogen) atoms. The normalized spacial score (nSPS) is 13.9. The first kappa shape index (κ1) is 12.4. The van der Waals surface area contributed by atoms with Gasteiger partial charge < -0.3 is 0 Å². The number of aryl methyl sites for hydroxylation is 2. The van der Waals surface area contributed by atoms with Gasteiger partial charge in [0.25, 0.3) is 0 Å². The first-order chi connectivity index (χ1) is 9.75. The predicted octanol–water partition coefficient (Wildman–Crippen LogP) is 6.02. The molecule has 2 heteroatoms. The Labute approximate surface area is 128 Å². The van der Waals surface area contributed by atoms with Gasteiger partial charge in [-0.15, -0.1) is 11.3 Å². The lowest BCUT2D eigenvalue weighted by Gasteiger charge is -2.11. The van der Waals surface area contributed by atoms with E-state index in [0.29, 0.717) is 0 Å². The van der Waals surface area contributed by atoms with Crippen molar-refractivity contribution in [3.8, 4) is 10.4 Å². The molecular weight excluding hydrogens is 284 g/mol. The average molecular weight is 299 g/mol. The Bertz CT molecular complexity index is 814. The SMILES string of the molecule is Cc1c(Cl)ccc2c1-c1sc3ccccc3c1CCC2. The van der Waals surface area contributed by atoms with E-state index in [1.165, 1.54) is 50.1 Å². The summed E-state index contributed by atoms with van der Waals surface area (Å²) in [4.78, 5) is 1.44. The van der Waals surface area contributed by atoms with Gasteiger partial charge in [0.15, 0.2) is 0 Å². The molecule has 0 spiro atoms. The number of benzene rings is 2. The molecule has 0 aliphatic heterocycles. The zero-order chi connectivity index (χ0) is 13.7. The summed E-state index contributed by atoms with van der Waals surface area (Å²) >= 11 is 8.29. The Kier molecular flexibility index (Phi) is 2.87. The molecular formula is C18H15ClS. The van der Waals surface area contributed by atoms with Gasteiger partial charge in [-0.25, -0.2) is 0 Å². The Morgan fingerprint density at radius 3 is 2.80 bits per heavy atom. The molecule has 0 N–H and O–H groups in total. The van der Waals surface area contributed by atoms with E-state index in [2.05, 4.69) is 37.3 Å². The van der Waals surface area contributed by atoms with Crippen LogP contribution in [0, 0.1) is 6.92 Å². The van der Waals surface area contributed by atoms with Crippen LogP contribution in [-0.2, 0) is 12.8 Å². The molecule has 0 fully saturated rings. The second kappa shape index (κ2) is 4.61. The molecule has 0 atom stereocenters. The zero-order valence-corrected chi connectivity index (χ0v) is 12.9. The van der Waals surface area contributed by atoms with Crippen LogP contribution in [0.3, 0.4) is 0 Å². The van der Waals surface area contributed by atoms with Crippen LogP contribution in [0.1, 0.15) is 23.1 Å². The molecule has 0 nitrogen and oxygen atoms in total. The highest BCUT2D eigenvalue weighted by atomic mass is 35.5. The first-order valence-corrected chi connectivity index (χ1v) is 8.24. The van der Waals surface area contributed by atoms with Gasteiger partial charge in [-0.3, -0.25) is 0 Å². The van der Waals surface area contributed by atoms with E-state index in [4.69, 9.17) is 11.6 Å². The van der Waals surface area contributed by atoms with Crippen molar-refractivity contribution in [3.05, 3.63) is 58.1 Å². The van der Waals surface area contributed by atoms with Crippen LogP contribution in [0.4, 0.5) is 0 Å². The van der Waals surface area contributed by atoms with Crippen LogP contribution in [0.2, 0.25) is 5.02 Å². The minimum absolute atomic E-state index is 0.883. The number of halogens is 1. The minimum atomic E-state index is 0.883. The maximum absolute atomic E-state index is 6.37. The molecule has 1 aliphatic carbocycles. The quantitative estimate of drug-likeness (QED) is 0.476. The summed E-state index contributed by atoms with van der Waals surface area (Å²) < 4.78 is 1.39. The summed E-state index contributed by atoms with van der Waals surface area (Å²) in [6.45, 7) is 2.15. The van der Waals surface area contributed by atoms with E-state index in [1.54, 1.807) is 0 Å². The third kappa shape index (κ3) is 1.73. The monoisotopic (exact) mass is 298 g/mol. The van der Waals surface area contributed by atoms with Gasteiger partial charge in [0.05, 0.1) is 0 Å². The van der Waals surface area contributed by atoms with Crippen molar-refractivity contribution >= 4 is 33.0 Å². The molecule has 1 heterocycles. The molecule has 0 saturated heterocycles. The number of fused-ring (bicyclic) bond motifs is 5. The van der Waals surface area contributed by atoms with Gasteiger partial charge in [0, 0.05) is 14.6 Å². The molecule has 4 rings (SSSR count). The van der Waals surface area contributed by atoms with Crippen LogP contribution >= 0.6 is 22.9 Å². The number of rotatable bonds is 0. The average Bonchev–Trinajstić information content (AvgIpc) is 2.71. The smallest absolute Gasteiger partial charge is 0.0441 e. The van der Waals surface area contributed by atoms with Crippen molar-refractivity contribution in [2.45, 2.75) is 26.2 Å². The van der Waals surface area contributed by atoms with Crippen molar-refractivity contribution in [2.75, 3.05) is 0 Å². The number of hydrogen-bond donors (Lipinski definition) is 0. The maximum atomic E-state index is 6.37. The van der Waals surface area contributed by atoms with E-state index >= 15 is 0 Å². The molecule has 100 valence electrons. The molecule has 0 unspecified atom stereocenters. The Balaban J connectivity index is 2.12. The van der Waals surface area contributed by atoms with Gasteiger partial charge in [-0.05, 0) is 66.0 Å². The number of thiophene rings is 1. The van der Waals surface area contributed by atoms with E-state index in [0.717, 1.165) is 11.4 Å². The second-order valence-corrected chi connectivity index (χ2v) is 6.93. The molecule has 3 aromatic rings. The lowest BCUT2D eigenvalue weighted by molar-refractivity contribution is 0.839. The molecule has 1 aromatic heterocycles. The maximum Gasteiger partial charge on any atom is 0.0441 e. The molecule has 0 saturated carbocycles. The van der Waals surface area contributed by atoms with Crippen molar-refractivity contribution in [1.29, 1.82) is 0 Å². The molecule has 0 bridgehead atoms. The van der Waals surface area contributed by atoms with Crippen LogP contribution in [0.15, 0.2) is 36.4 Å². The largest absolute Gasteiger partial charge is 0.135 e. The molecule has 2 aromatic carbocycles. The molecule has 0 radical (unpaired) electrons. The summed E-state index contributed by atoms with van der Waals surface area (Å²) in [7, 11) is 0. The predicted molar refractivity (Wildman–Crippen MR) is 89.0 cm³/mol. The van der Waals surface area contributed by atoms with E-state index < -0.39 is 0 Å². The third-order valence-corrected chi connectivity index (χ3v) is 5.92. The fourth-order valence-corrected chi connectivity index (χ4v) is 4.82. The first-order valence-electron chi connectivity index (χ1n) is 7.04. The summed E-state index contributed by atoms with van der Waals surface area (Å²) in [6, 6.07) is 13.0. The Morgan fingerprint density at radius 1 is 1.05 bits per heavy atom. The highest BCUT2D eigenvalue weighted by molar-refractivity contribution is 7.22. The standard InChI is InChI=1S/C18H15ClS/c1-11-15(19)10-9-12-5-4-7-14-13-6-2-3-8-16(13)20-18(14)17(11)12/h2-3,6,8-10H,4-5,7H2,1H3. The highest BCUT2D eigenvalue weighted by Gasteiger charge is 2.21. The number of hydrogen-bond acceptors (Lipinski definition) is 1. The lowest BCUT2D eigenvalue weighted by atomic mass is 9.98. The van der Waals surface area contributed by atoms with Crippen molar-refractivity contribution < 1.29 is 0 Å². The summed E-state index contributed by atoms with van der Waals surface area (Å²) in [5, 5.41) is 2.31. The topological polar surface area (TPSA) is 0 Å². The van der Waals surface area contributed by atoms with Gasteiger partial charge in [-0.2, -0.15) is 0 Å². The summed E-state index contributed by atoms with van der Waals surface area (Å²) in [6.07, 6.45) is 3.55. The molecule has 0 amide bonds. The van der Waals surface area contributed by atoms with Gasteiger partial charge >= 0.3 is 0 Å². The van der Waals surface area contributed by atoms with Crippen LogP contribution in [0.5, 0.6) is 0 Å². The minimum Gasteiger partial charge on any atom is -0.135 e. The Morgan fingerprint density at radius 2 is 1.90 bits per heavy atom. The van der Waals surface area contributed by atoms with Crippen LogP contribution in [0.25, 0.3) is 20.5 Å². The van der Waals surface area contributed by atoms with Gasteiger partial charge in [0.2, 0.25) is 0 Å². The Hall–Kier alpha value is -1.31. The van der Waals surface area contributed by atoms with Crippen molar-refractivity contribution in [2.24, 2.45) is 0 Å². The third-order valence-electron chi connectivity index (χ3n) is 4.28. The molecule has 1 aliphatic rings. The van der Waals surface area contributed by atoms with Gasteiger partial charge in [-0.1, -0.05) is 35.9 Å². The highest BCUT2D eigenvalue weighted by Crippen LogP contribution is 2.45.